The number of piperazine rings is 1. The third-order valence-electron chi connectivity index (χ3n) is 6.50. The number of benzene rings is 2. The van der Waals surface area contributed by atoms with E-state index < -0.39 is 0 Å². The Kier molecular flexibility index (Phi) is 6.28. The number of nitrogens with one attached hydrogen (secondary N) is 1. The van der Waals surface area contributed by atoms with E-state index in [1.54, 1.807) is 0 Å². The fraction of sp³-hybridized carbons (Fsp3) is 0.400. The first-order valence-corrected chi connectivity index (χ1v) is 11.9. The number of aromatic nitrogens is 3. The van der Waals surface area contributed by atoms with Gasteiger partial charge in [0.05, 0.1) is 6.61 Å². The first-order chi connectivity index (χ1) is 16.1. The number of fused-ring (bicyclic) bond motifs is 1. The van der Waals surface area contributed by atoms with E-state index in [-0.39, 0.29) is 5.91 Å². The van der Waals surface area contributed by atoms with Crippen LogP contribution in [0.5, 0.6) is 5.75 Å². The van der Waals surface area contributed by atoms with E-state index in [1.165, 1.54) is 16.7 Å². The molecule has 3 heterocycles. The molecule has 2 aliphatic rings. The van der Waals surface area contributed by atoms with Gasteiger partial charge in [-0.3, -0.25) is 19.4 Å². The Labute approximate surface area is 199 Å². The van der Waals surface area contributed by atoms with Crippen LogP contribution in [0.2, 0.25) is 0 Å². The van der Waals surface area contributed by atoms with Crippen molar-refractivity contribution in [2.24, 2.45) is 0 Å². The van der Waals surface area contributed by atoms with Crippen LogP contribution in [0.15, 0.2) is 42.5 Å². The van der Waals surface area contributed by atoms with Crippen molar-refractivity contribution in [3.05, 3.63) is 63.9 Å². The van der Waals surface area contributed by atoms with E-state index in [9.17, 15) is 4.79 Å². The second kappa shape index (κ2) is 9.49. The number of carbonyl (C=O) groups is 1. The molecule has 0 radical (unpaired) electrons. The molecule has 1 aromatic heterocycles. The van der Waals surface area contributed by atoms with Gasteiger partial charge in [-0.1, -0.05) is 42.0 Å². The van der Waals surface area contributed by atoms with Gasteiger partial charge in [0, 0.05) is 57.7 Å². The zero-order chi connectivity index (χ0) is 22.8. The number of rotatable bonds is 6. The Morgan fingerprint density at radius 1 is 1.12 bits per heavy atom. The highest BCUT2D eigenvalue weighted by atomic mass is 32.1. The molecule has 0 spiro atoms. The van der Waals surface area contributed by atoms with Crippen molar-refractivity contribution >= 4 is 18.1 Å². The normalized spacial score (nSPS) is 16.0. The Morgan fingerprint density at radius 3 is 2.70 bits per heavy atom. The number of amides is 1. The zero-order valence-corrected chi connectivity index (χ0v) is 19.7. The third kappa shape index (κ3) is 4.86. The summed E-state index contributed by atoms with van der Waals surface area (Å²) < 4.78 is 8.07. The Morgan fingerprint density at radius 2 is 1.91 bits per heavy atom. The highest BCUT2D eigenvalue weighted by Gasteiger charge is 2.22. The minimum absolute atomic E-state index is 0.169. The van der Waals surface area contributed by atoms with Crippen LogP contribution < -0.4 is 4.74 Å². The lowest BCUT2D eigenvalue weighted by Crippen LogP contribution is -2.48. The monoisotopic (exact) mass is 463 g/mol. The summed E-state index contributed by atoms with van der Waals surface area (Å²) in [6, 6.07) is 14.7. The fourth-order valence-corrected chi connectivity index (χ4v) is 4.79. The molecule has 0 aliphatic carbocycles. The minimum Gasteiger partial charge on any atom is -0.493 e. The van der Waals surface area contributed by atoms with Gasteiger partial charge >= 0.3 is 0 Å². The maximum Gasteiger partial charge on any atom is 0.224 e. The standard InChI is InChI=1S/C25H29N5O2S/c1-18-2-5-20(6-3-18)24-26-27-25(33)30(24)10-8-23(31)29-13-11-28(12-14-29)17-19-4-7-22-21(16-19)9-15-32-22/h2-7,16H,8-15,17H2,1H3,(H,27,33). The van der Waals surface area contributed by atoms with E-state index in [0.29, 0.717) is 17.7 Å². The molecule has 0 saturated carbocycles. The van der Waals surface area contributed by atoms with Crippen molar-refractivity contribution in [3.63, 3.8) is 0 Å². The second-order valence-electron chi connectivity index (χ2n) is 8.82. The maximum absolute atomic E-state index is 12.9. The Bertz CT molecular complexity index is 1190. The number of aryl methyl sites for hydroxylation is 1. The zero-order valence-electron chi connectivity index (χ0n) is 18.9. The number of ether oxygens (including phenoxy) is 1. The van der Waals surface area contributed by atoms with Gasteiger partial charge in [0.15, 0.2) is 10.6 Å². The van der Waals surface area contributed by atoms with Crippen LogP contribution in [0.4, 0.5) is 0 Å². The van der Waals surface area contributed by atoms with Crippen LogP contribution in [0, 0.1) is 11.7 Å². The first-order valence-electron chi connectivity index (χ1n) is 11.5. The van der Waals surface area contributed by atoms with E-state index in [0.717, 1.165) is 62.9 Å². The molecule has 5 rings (SSSR count). The van der Waals surface area contributed by atoms with Crippen molar-refractivity contribution in [3.8, 4) is 17.1 Å². The number of hydrogen-bond acceptors (Lipinski definition) is 5. The summed E-state index contributed by atoms with van der Waals surface area (Å²) in [5.41, 5.74) is 4.81. The molecule has 8 heteroatoms. The van der Waals surface area contributed by atoms with E-state index in [2.05, 4.69) is 52.4 Å². The highest BCUT2D eigenvalue weighted by molar-refractivity contribution is 7.71. The van der Waals surface area contributed by atoms with Crippen LogP contribution in [0.25, 0.3) is 11.4 Å². The van der Waals surface area contributed by atoms with Gasteiger partial charge in [0.25, 0.3) is 0 Å². The number of H-pyrrole nitrogens is 1. The van der Waals surface area contributed by atoms with Crippen LogP contribution in [-0.2, 0) is 24.3 Å². The van der Waals surface area contributed by atoms with Gasteiger partial charge in [-0.2, -0.15) is 5.10 Å². The molecular formula is C25H29N5O2S. The second-order valence-corrected chi connectivity index (χ2v) is 9.20. The first kappa shape index (κ1) is 21.9. The number of carbonyl (C=O) groups excluding carboxylic acids is 1. The van der Waals surface area contributed by atoms with Crippen LogP contribution in [0.3, 0.4) is 0 Å². The fourth-order valence-electron chi connectivity index (χ4n) is 4.57. The number of aromatic amines is 1. The van der Waals surface area contributed by atoms with Gasteiger partial charge in [0.1, 0.15) is 5.75 Å². The third-order valence-corrected chi connectivity index (χ3v) is 6.81. The lowest BCUT2D eigenvalue weighted by molar-refractivity contribution is -0.133. The van der Waals surface area contributed by atoms with Gasteiger partial charge in [-0.05, 0) is 36.3 Å². The summed E-state index contributed by atoms with van der Waals surface area (Å²) in [5, 5.41) is 7.26. The van der Waals surface area contributed by atoms with Crippen molar-refractivity contribution < 1.29 is 9.53 Å². The topological polar surface area (TPSA) is 66.4 Å². The van der Waals surface area contributed by atoms with Crippen molar-refractivity contribution in [1.29, 1.82) is 0 Å². The molecule has 1 saturated heterocycles. The van der Waals surface area contributed by atoms with Crippen LogP contribution in [0.1, 0.15) is 23.1 Å². The molecule has 7 nitrogen and oxygen atoms in total. The van der Waals surface area contributed by atoms with Gasteiger partial charge in [-0.15, -0.1) is 0 Å². The molecule has 33 heavy (non-hydrogen) atoms. The lowest BCUT2D eigenvalue weighted by atomic mass is 10.1. The summed E-state index contributed by atoms with van der Waals surface area (Å²) in [6.45, 7) is 7.57. The summed E-state index contributed by atoms with van der Waals surface area (Å²) in [4.78, 5) is 17.3. The summed E-state index contributed by atoms with van der Waals surface area (Å²) in [5.74, 6) is 1.97. The largest absolute Gasteiger partial charge is 0.493 e. The predicted octanol–water partition coefficient (Wildman–Crippen LogP) is 3.59. The molecule has 0 unspecified atom stereocenters. The smallest absolute Gasteiger partial charge is 0.224 e. The number of hydrogen-bond donors (Lipinski definition) is 1. The van der Waals surface area contributed by atoms with E-state index in [4.69, 9.17) is 17.0 Å². The summed E-state index contributed by atoms with van der Waals surface area (Å²) >= 11 is 5.42. The van der Waals surface area contributed by atoms with E-state index in [1.807, 2.05) is 21.6 Å². The molecule has 1 amide bonds. The van der Waals surface area contributed by atoms with E-state index >= 15 is 0 Å². The van der Waals surface area contributed by atoms with Crippen LogP contribution >= 0.6 is 12.2 Å². The van der Waals surface area contributed by atoms with Crippen LogP contribution in [-0.4, -0.2) is 63.3 Å². The lowest BCUT2D eigenvalue weighted by Gasteiger charge is -2.35. The average Bonchev–Trinajstić information content (AvgIpc) is 3.44. The number of nitrogens with zero attached hydrogens (tertiary/aromatic N) is 4. The molecule has 3 aromatic rings. The molecule has 1 fully saturated rings. The van der Waals surface area contributed by atoms with Crippen molar-refractivity contribution in [2.45, 2.75) is 32.9 Å². The highest BCUT2D eigenvalue weighted by Crippen LogP contribution is 2.26. The molecule has 1 N–H and O–H groups in total. The summed E-state index contributed by atoms with van der Waals surface area (Å²) in [6.07, 6.45) is 1.41. The Balaban J connectivity index is 1.14. The predicted molar refractivity (Wildman–Crippen MR) is 130 cm³/mol. The van der Waals surface area contributed by atoms with Gasteiger partial charge < -0.3 is 9.64 Å². The maximum atomic E-state index is 12.9. The molecule has 172 valence electrons. The molecule has 2 aromatic carbocycles. The van der Waals surface area contributed by atoms with Gasteiger partial charge in [-0.25, -0.2) is 0 Å². The molecule has 0 bridgehead atoms. The quantitative estimate of drug-likeness (QED) is 0.566. The average molecular weight is 464 g/mol. The minimum atomic E-state index is 0.169. The van der Waals surface area contributed by atoms with Gasteiger partial charge in [0.2, 0.25) is 5.91 Å². The molecule has 2 aliphatic heterocycles. The summed E-state index contributed by atoms with van der Waals surface area (Å²) in [7, 11) is 0. The van der Waals surface area contributed by atoms with Crippen molar-refractivity contribution in [1.82, 2.24) is 24.6 Å². The van der Waals surface area contributed by atoms with Crippen molar-refractivity contribution in [2.75, 3.05) is 32.8 Å². The molecule has 0 atom stereocenters. The SMILES string of the molecule is Cc1ccc(-c2n[nH]c(=S)n2CCC(=O)N2CCN(Cc3ccc4c(c3)CCO4)CC2)cc1. The Hall–Kier alpha value is -2.97. The molecular weight excluding hydrogens is 434 g/mol.